The van der Waals surface area contributed by atoms with Crippen LogP contribution in [-0.4, -0.2) is 37.7 Å². The number of nitrogens with one attached hydrogen (secondary N) is 1. The topological polar surface area (TPSA) is 104 Å². The van der Waals surface area contributed by atoms with Crippen molar-refractivity contribution in [1.29, 1.82) is 0 Å². The summed E-state index contributed by atoms with van der Waals surface area (Å²) < 4.78 is 21.5. The van der Waals surface area contributed by atoms with Gasteiger partial charge in [0.1, 0.15) is 16.3 Å². The fourth-order valence-corrected chi connectivity index (χ4v) is 5.22. The zero-order valence-electron chi connectivity index (χ0n) is 18.7. The van der Waals surface area contributed by atoms with Gasteiger partial charge in [-0.15, -0.1) is 11.3 Å². The van der Waals surface area contributed by atoms with Crippen LogP contribution >= 0.6 is 11.3 Å². The number of furan rings is 1. The highest BCUT2D eigenvalue weighted by Crippen LogP contribution is 2.39. The van der Waals surface area contributed by atoms with E-state index in [0.717, 1.165) is 35.1 Å². The maximum absolute atomic E-state index is 12.6. The van der Waals surface area contributed by atoms with E-state index >= 15 is 0 Å². The standard InChI is InChI=1S/C24H25NO7S/c1-4-29-14-9-10-17-16(11-14)13(3)21(32-17)24(28)31-12-19(26)25-22-20(23(27)30-5-2)15-7-6-8-18(15)33-22/h9-11H,4-8,12H2,1-3H3,(H,25,26). The van der Waals surface area contributed by atoms with Crippen LogP contribution in [0.25, 0.3) is 11.0 Å². The molecular formula is C24H25NO7S. The molecule has 0 radical (unpaired) electrons. The number of carbonyl (C=O) groups is 3. The Morgan fingerprint density at radius 1 is 1.09 bits per heavy atom. The first-order valence-corrected chi connectivity index (χ1v) is 11.7. The van der Waals surface area contributed by atoms with Crippen LogP contribution in [0.5, 0.6) is 5.75 Å². The number of carbonyl (C=O) groups excluding carboxylic acids is 3. The van der Waals surface area contributed by atoms with Gasteiger partial charge in [0.2, 0.25) is 5.76 Å². The number of esters is 2. The van der Waals surface area contributed by atoms with Crippen molar-refractivity contribution in [3.63, 3.8) is 0 Å². The highest BCUT2D eigenvalue weighted by Gasteiger charge is 2.28. The minimum Gasteiger partial charge on any atom is -0.494 e. The van der Waals surface area contributed by atoms with Gasteiger partial charge in [0, 0.05) is 15.8 Å². The van der Waals surface area contributed by atoms with Crippen molar-refractivity contribution in [2.75, 3.05) is 25.1 Å². The number of thiophene rings is 1. The number of hydrogen-bond donors (Lipinski definition) is 1. The van der Waals surface area contributed by atoms with Crippen molar-refractivity contribution >= 4 is 45.2 Å². The summed E-state index contributed by atoms with van der Waals surface area (Å²) in [6.45, 7) is 5.63. The lowest BCUT2D eigenvalue weighted by atomic mass is 10.1. The Morgan fingerprint density at radius 2 is 1.91 bits per heavy atom. The van der Waals surface area contributed by atoms with Gasteiger partial charge in [-0.2, -0.15) is 0 Å². The van der Waals surface area contributed by atoms with Gasteiger partial charge in [0.25, 0.3) is 5.91 Å². The summed E-state index contributed by atoms with van der Waals surface area (Å²) >= 11 is 1.37. The smallest absolute Gasteiger partial charge is 0.375 e. The molecule has 1 aliphatic rings. The normalized spacial score (nSPS) is 12.5. The molecule has 1 aliphatic carbocycles. The molecule has 0 atom stereocenters. The van der Waals surface area contributed by atoms with E-state index in [2.05, 4.69) is 5.32 Å². The van der Waals surface area contributed by atoms with Crippen molar-refractivity contribution < 1.29 is 33.0 Å². The Kier molecular flexibility index (Phi) is 6.69. The summed E-state index contributed by atoms with van der Waals surface area (Å²) in [6, 6.07) is 5.29. The van der Waals surface area contributed by atoms with E-state index < -0.39 is 24.5 Å². The van der Waals surface area contributed by atoms with E-state index in [9.17, 15) is 14.4 Å². The minimum atomic E-state index is -0.740. The van der Waals surface area contributed by atoms with Crippen LogP contribution in [0.2, 0.25) is 0 Å². The van der Waals surface area contributed by atoms with Crippen LogP contribution < -0.4 is 10.1 Å². The summed E-state index contributed by atoms with van der Waals surface area (Å²) in [4.78, 5) is 38.6. The number of fused-ring (bicyclic) bond motifs is 2. The lowest BCUT2D eigenvalue weighted by Gasteiger charge is -2.08. The van der Waals surface area contributed by atoms with Gasteiger partial charge in [0.05, 0.1) is 18.8 Å². The first-order chi connectivity index (χ1) is 15.9. The van der Waals surface area contributed by atoms with Crippen LogP contribution in [0.1, 0.15) is 57.2 Å². The number of ether oxygens (including phenoxy) is 3. The molecule has 0 saturated carbocycles. The predicted molar refractivity (Wildman–Crippen MR) is 123 cm³/mol. The van der Waals surface area contributed by atoms with E-state index in [1.165, 1.54) is 11.3 Å². The summed E-state index contributed by atoms with van der Waals surface area (Å²) in [5, 5.41) is 3.88. The van der Waals surface area contributed by atoms with Crippen molar-refractivity contribution in [1.82, 2.24) is 0 Å². The van der Waals surface area contributed by atoms with E-state index in [1.807, 2.05) is 6.92 Å². The molecule has 33 heavy (non-hydrogen) atoms. The first kappa shape index (κ1) is 22.8. The summed E-state index contributed by atoms with van der Waals surface area (Å²) in [5.41, 5.74) is 2.48. The van der Waals surface area contributed by atoms with Gasteiger partial charge in [-0.1, -0.05) is 0 Å². The second-order valence-corrected chi connectivity index (χ2v) is 8.66. The van der Waals surface area contributed by atoms with E-state index in [0.29, 0.717) is 34.1 Å². The zero-order chi connectivity index (χ0) is 23.5. The lowest BCUT2D eigenvalue weighted by Crippen LogP contribution is -2.22. The van der Waals surface area contributed by atoms with Gasteiger partial charge in [-0.05, 0) is 63.8 Å². The molecule has 1 amide bonds. The van der Waals surface area contributed by atoms with Crippen LogP contribution in [0.3, 0.4) is 0 Å². The van der Waals surface area contributed by atoms with Crippen molar-refractivity contribution in [3.05, 3.63) is 45.5 Å². The Labute approximate surface area is 194 Å². The van der Waals surface area contributed by atoms with Gasteiger partial charge in [0.15, 0.2) is 6.61 Å². The molecule has 2 heterocycles. The quantitative estimate of drug-likeness (QED) is 0.476. The largest absolute Gasteiger partial charge is 0.494 e. The fourth-order valence-electron chi connectivity index (χ4n) is 3.92. The molecule has 1 N–H and O–H groups in total. The molecule has 0 fully saturated rings. The second kappa shape index (κ2) is 9.66. The Morgan fingerprint density at radius 3 is 2.67 bits per heavy atom. The van der Waals surface area contributed by atoms with Crippen molar-refractivity contribution in [2.45, 2.75) is 40.0 Å². The van der Waals surface area contributed by atoms with Gasteiger partial charge in [-0.25, -0.2) is 9.59 Å². The predicted octanol–water partition coefficient (Wildman–Crippen LogP) is 4.66. The average Bonchev–Trinajstić information content (AvgIpc) is 3.46. The highest BCUT2D eigenvalue weighted by atomic mass is 32.1. The molecule has 3 aromatic rings. The number of amides is 1. The number of rotatable bonds is 8. The molecule has 2 aromatic heterocycles. The van der Waals surface area contributed by atoms with Crippen LogP contribution in [0, 0.1) is 6.92 Å². The third-order valence-electron chi connectivity index (χ3n) is 5.39. The number of aryl methyl sites for hydroxylation is 2. The Balaban J connectivity index is 1.44. The molecule has 174 valence electrons. The molecule has 1 aromatic carbocycles. The van der Waals surface area contributed by atoms with E-state index in [-0.39, 0.29) is 12.4 Å². The molecule has 0 spiro atoms. The lowest BCUT2D eigenvalue weighted by molar-refractivity contribution is -0.119. The number of anilines is 1. The molecular weight excluding hydrogens is 446 g/mol. The highest BCUT2D eigenvalue weighted by molar-refractivity contribution is 7.17. The monoisotopic (exact) mass is 471 g/mol. The molecule has 4 rings (SSSR count). The van der Waals surface area contributed by atoms with Crippen LogP contribution in [0.15, 0.2) is 22.6 Å². The van der Waals surface area contributed by atoms with Crippen molar-refractivity contribution in [3.8, 4) is 5.75 Å². The molecule has 0 unspecified atom stereocenters. The first-order valence-electron chi connectivity index (χ1n) is 10.9. The van der Waals surface area contributed by atoms with Crippen LogP contribution in [0.4, 0.5) is 5.00 Å². The zero-order valence-corrected chi connectivity index (χ0v) is 19.6. The summed E-state index contributed by atoms with van der Waals surface area (Å²) in [5.74, 6) is -1.02. The second-order valence-electron chi connectivity index (χ2n) is 7.55. The van der Waals surface area contributed by atoms with Gasteiger partial charge in [-0.3, -0.25) is 4.79 Å². The number of hydrogen-bond acceptors (Lipinski definition) is 8. The fraction of sp³-hybridized carbons (Fsp3) is 0.375. The maximum atomic E-state index is 12.6. The average molecular weight is 472 g/mol. The summed E-state index contributed by atoms with van der Waals surface area (Å²) in [6.07, 6.45) is 2.62. The van der Waals surface area contributed by atoms with E-state index in [4.69, 9.17) is 18.6 Å². The Hall–Kier alpha value is -3.33. The molecule has 0 bridgehead atoms. The number of benzene rings is 1. The Bertz CT molecular complexity index is 1220. The minimum absolute atomic E-state index is 0.0359. The maximum Gasteiger partial charge on any atom is 0.375 e. The molecule has 0 aliphatic heterocycles. The third kappa shape index (κ3) is 4.59. The van der Waals surface area contributed by atoms with Crippen LogP contribution in [-0.2, 0) is 27.1 Å². The SMILES string of the molecule is CCOC(=O)c1c(NC(=O)COC(=O)c2oc3ccc(OCC)cc3c2C)sc2c1CCC2. The summed E-state index contributed by atoms with van der Waals surface area (Å²) in [7, 11) is 0. The molecule has 0 saturated heterocycles. The third-order valence-corrected chi connectivity index (χ3v) is 6.60. The molecule has 8 nitrogen and oxygen atoms in total. The van der Waals surface area contributed by atoms with Crippen molar-refractivity contribution in [2.24, 2.45) is 0 Å². The van der Waals surface area contributed by atoms with E-state index in [1.54, 1.807) is 32.0 Å². The van der Waals surface area contributed by atoms with Gasteiger partial charge < -0.3 is 23.9 Å². The molecule has 9 heteroatoms. The van der Waals surface area contributed by atoms with Gasteiger partial charge >= 0.3 is 11.9 Å².